The number of nitrogens with zero attached hydrogens (tertiary/aromatic N) is 1. The van der Waals surface area contributed by atoms with Crippen molar-refractivity contribution in [3.8, 4) is 11.5 Å². The van der Waals surface area contributed by atoms with E-state index >= 15 is 0 Å². The van der Waals surface area contributed by atoms with Gasteiger partial charge < -0.3 is 19.8 Å². The Labute approximate surface area is 110 Å². The minimum absolute atomic E-state index is 0.0165. The number of aromatic hydroxyl groups is 1. The molecule has 1 fully saturated rings. The predicted octanol–water partition coefficient (Wildman–Crippen LogP) is 2.57. The molecule has 2 rings (SSSR count). The van der Waals surface area contributed by atoms with Gasteiger partial charge in [-0.2, -0.15) is 0 Å². The van der Waals surface area contributed by atoms with Crippen LogP contribution < -0.4 is 4.74 Å². The van der Waals surface area contributed by atoms with E-state index in [1.807, 2.05) is 0 Å². The van der Waals surface area contributed by atoms with E-state index in [2.05, 4.69) is 0 Å². The quantitative estimate of drug-likeness (QED) is 0.867. The molecule has 2 N–H and O–H groups in total. The van der Waals surface area contributed by atoms with Crippen molar-refractivity contribution in [3.63, 3.8) is 0 Å². The van der Waals surface area contributed by atoms with Crippen molar-refractivity contribution >= 4 is 17.7 Å². The van der Waals surface area contributed by atoms with Crippen LogP contribution in [-0.4, -0.2) is 40.4 Å². The molecule has 98 valence electrons. The highest BCUT2D eigenvalue weighted by Crippen LogP contribution is 2.29. The van der Waals surface area contributed by atoms with Crippen molar-refractivity contribution in [2.45, 2.75) is 18.9 Å². The summed E-state index contributed by atoms with van der Waals surface area (Å²) in [5, 5.41) is 18.5. The summed E-state index contributed by atoms with van der Waals surface area (Å²) >= 11 is 5.70. The lowest BCUT2D eigenvalue weighted by Crippen LogP contribution is -2.41. The number of ether oxygens (including phenoxy) is 1. The average molecular weight is 272 g/mol. The molecule has 5 nitrogen and oxygen atoms in total. The maximum Gasteiger partial charge on any atom is 0.407 e. The number of likely N-dealkylation sites (tertiary alicyclic amines) is 1. The van der Waals surface area contributed by atoms with E-state index in [0.29, 0.717) is 31.7 Å². The Morgan fingerprint density at radius 3 is 2.61 bits per heavy atom. The summed E-state index contributed by atoms with van der Waals surface area (Å²) in [6.07, 6.45) is 0.379. The number of amides is 1. The van der Waals surface area contributed by atoms with E-state index in [0.717, 1.165) is 0 Å². The van der Waals surface area contributed by atoms with Gasteiger partial charge in [0.1, 0.15) is 17.6 Å². The molecule has 0 atom stereocenters. The third-order valence-electron chi connectivity index (χ3n) is 2.93. The number of hydrogen-bond acceptors (Lipinski definition) is 3. The van der Waals surface area contributed by atoms with Crippen LogP contribution in [0.25, 0.3) is 0 Å². The monoisotopic (exact) mass is 271 g/mol. The number of phenolic OH excluding ortho intramolecular Hbond substituents is 1. The minimum Gasteiger partial charge on any atom is -0.506 e. The molecule has 1 aromatic carbocycles. The van der Waals surface area contributed by atoms with Crippen LogP contribution in [0.5, 0.6) is 11.5 Å². The number of halogens is 1. The van der Waals surface area contributed by atoms with Gasteiger partial charge in [0, 0.05) is 32.0 Å². The molecular weight excluding hydrogens is 258 g/mol. The largest absolute Gasteiger partial charge is 0.506 e. The predicted molar refractivity (Wildman–Crippen MR) is 66.4 cm³/mol. The molecular formula is C12H14ClNO4. The molecule has 1 saturated heterocycles. The SMILES string of the molecule is O=C(O)N1CCC(Oc2ccc(Cl)c(O)c2)CC1. The lowest BCUT2D eigenvalue weighted by atomic mass is 10.1. The van der Waals surface area contributed by atoms with Crippen LogP contribution in [0.1, 0.15) is 12.8 Å². The van der Waals surface area contributed by atoms with Crippen molar-refractivity contribution in [1.29, 1.82) is 0 Å². The van der Waals surface area contributed by atoms with Crippen LogP contribution in [0.15, 0.2) is 18.2 Å². The second-order valence-corrected chi connectivity index (χ2v) is 4.61. The maximum absolute atomic E-state index is 10.7. The summed E-state index contributed by atoms with van der Waals surface area (Å²) in [6, 6.07) is 4.72. The van der Waals surface area contributed by atoms with Gasteiger partial charge in [0.25, 0.3) is 0 Å². The molecule has 0 radical (unpaired) electrons. The zero-order valence-electron chi connectivity index (χ0n) is 9.67. The molecule has 1 heterocycles. The number of piperidine rings is 1. The molecule has 0 spiro atoms. The van der Waals surface area contributed by atoms with Crippen LogP contribution in [0.4, 0.5) is 4.79 Å². The van der Waals surface area contributed by atoms with Gasteiger partial charge in [-0.15, -0.1) is 0 Å². The highest BCUT2D eigenvalue weighted by Gasteiger charge is 2.23. The van der Waals surface area contributed by atoms with Gasteiger partial charge in [-0.05, 0) is 12.1 Å². The van der Waals surface area contributed by atoms with Crippen LogP contribution in [0.3, 0.4) is 0 Å². The average Bonchev–Trinajstić information content (AvgIpc) is 2.34. The van der Waals surface area contributed by atoms with Crippen molar-refractivity contribution < 1.29 is 19.7 Å². The fourth-order valence-electron chi connectivity index (χ4n) is 1.92. The lowest BCUT2D eigenvalue weighted by molar-refractivity contribution is 0.0894. The van der Waals surface area contributed by atoms with Gasteiger partial charge in [-0.25, -0.2) is 4.79 Å². The molecule has 0 unspecified atom stereocenters. The Morgan fingerprint density at radius 2 is 2.06 bits per heavy atom. The molecule has 0 bridgehead atoms. The van der Waals surface area contributed by atoms with E-state index in [4.69, 9.17) is 21.4 Å². The molecule has 0 aromatic heterocycles. The number of phenols is 1. The second kappa shape index (κ2) is 5.35. The lowest BCUT2D eigenvalue weighted by Gasteiger charge is -2.30. The first-order valence-electron chi connectivity index (χ1n) is 5.69. The van der Waals surface area contributed by atoms with Crippen LogP contribution in [-0.2, 0) is 0 Å². The fraction of sp³-hybridized carbons (Fsp3) is 0.417. The van der Waals surface area contributed by atoms with E-state index in [-0.39, 0.29) is 16.9 Å². The number of carboxylic acid groups (broad SMARTS) is 1. The Morgan fingerprint density at radius 1 is 1.39 bits per heavy atom. The van der Waals surface area contributed by atoms with E-state index in [1.54, 1.807) is 12.1 Å². The summed E-state index contributed by atoms with van der Waals surface area (Å²) in [4.78, 5) is 12.1. The molecule has 0 saturated carbocycles. The summed E-state index contributed by atoms with van der Waals surface area (Å²) < 4.78 is 5.68. The van der Waals surface area contributed by atoms with Crippen LogP contribution >= 0.6 is 11.6 Å². The third-order valence-corrected chi connectivity index (χ3v) is 3.25. The van der Waals surface area contributed by atoms with Gasteiger partial charge in [0.2, 0.25) is 0 Å². The minimum atomic E-state index is -0.891. The van der Waals surface area contributed by atoms with Crippen LogP contribution in [0.2, 0.25) is 5.02 Å². The second-order valence-electron chi connectivity index (χ2n) is 4.20. The number of hydrogen-bond donors (Lipinski definition) is 2. The van der Waals surface area contributed by atoms with Gasteiger partial charge in [-0.1, -0.05) is 11.6 Å². The van der Waals surface area contributed by atoms with E-state index < -0.39 is 6.09 Å². The smallest absolute Gasteiger partial charge is 0.407 e. The van der Waals surface area contributed by atoms with Crippen molar-refractivity contribution in [3.05, 3.63) is 23.2 Å². The van der Waals surface area contributed by atoms with Crippen molar-refractivity contribution in [2.24, 2.45) is 0 Å². The molecule has 1 amide bonds. The molecule has 1 aliphatic rings. The molecule has 6 heteroatoms. The Balaban J connectivity index is 1.91. The number of benzene rings is 1. The van der Waals surface area contributed by atoms with Gasteiger partial charge in [0.15, 0.2) is 0 Å². The summed E-state index contributed by atoms with van der Waals surface area (Å²) in [5.74, 6) is 0.530. The Bertz CT molecular complexity index is 444. The zero-order valence-corrected chi connectivity index (χ0v) is 10.4. The molecule has 1 aliphatic heterocycles. The maximum atomic E-state index is 10.7. The molecule has 18 heavy (non-hydrogen) atoms. The van der Waals surface area contributed by atoms with Crippen LogP contribution in [0, 0.1) is 0 Å². The van der Waals surface area contributed by atoms with Crippen molar-refractivity contribution in [1.82, 2.24) is 4.90 Å². The van der Waals surface area contributed by atoms with Gasteiger partial charge in [-0.3, -0.25) is 0 Å². The normalized spacial score (nSPS) is 16.6. The Hall–Kier alpha value is -1.62. The molecule has 0 aliphatic carbocycles. The first-order valence-corrected chi connectivity index (χ1v) is 6.07. The first-order chi connectivity index (χ1) is 8.56. The van der Waals surface area contributed by atoms with E-state index in [9.17, 15) is 9.90 Å². The molecule has 1 aromatic rings. The summed E-state index contributed by atoms with van der Waals surface area (Å²) in [6.45, 7) is 0.944. The summed E-state index contributed by atoms with van der Waals surface area (Å²) in [5.41, 5.74) is 0. The van der Waals surface area contributed by atoms with Gasteiger partial charge >= 0.3 is 6.09 Å². The third kappa shape index (κ3) is 2.98. The highest BCUT2D eigenvalue weighted by molar-refractivity contribution is 6.32. The zero-order chi connectivity index (χ0) is 13.1. The highest BCUT2D eigenvalue weighted by atomic mass is 35.5. The number of rotatable bonds is 2. The summed E-state index contributed by atoms with van der Waals surface area (Å²) in [7, 11) is 0. The standard InChI is InChI=1S/C12H14ClNO4/c13-10-2-1-9(7-11(10)15)18-8-3-5-14(6-4-8)12(16)17/h1-2,7-8,15H,3-6H2,(H,16,17). The first kappa shape index (κ1) is 12.8. The van der Waals surface area contributed by atoms with Gasteiger partial charge in [0.05, 0.1) is 5.02 Å². The van der Waals surface area contributed by atoms with E-state index in [1.165, 1.54) is 11.0 Å². The Kier molecular flexibility index (Phi) is 3.81. The topological polar surface area (TPSA) is 70.0 Å². The number of carbonyl (C=O) groups is 1. The van der Waals surface area contributed by atoms with Crippen molar-refractivity contribution in [2.75, 3.05) is 13.1 Å². The fourth-order valence-corrected chi connectivity index (χ4v) is 2.04.